The minimum Gasteiger partial charge on any atom is -0.359 e. The van der Waals surface area contributed by atoms with Gasteiger partial charge in [-0.15, -0.1) is 5.10 Å². The lowest BCUT2D eigenvalue weighted by atomic mass is 9.99. The number of rotatable bonds is 9. The second-order valence-electron chi connectivity index (χ2n) is 10.8. The highest BCUT2D eigenvalue weighted by atomic mass is 32.2. The van der Waals surface area contributed by atoms with Gasteiger partial charge in [0.1, 0.15) is 6.73 Å². The first-order chi connectivity index (χ1) is 16.4. The summed E-state index contributed by atoms with van der Waals surface area (Å²) in [6, 6.07) is 12.1. The smallest absolute Gasteiger partial charge is 0.228 e. The minimum absolute atomic E-state index is 0.422. The van der Waals surface area contributed by atoms with Gasteiger partial charge in [-0.2, -0.15) is 4.98 Å². The van der Waals surface area contributed by atoms with Gasteiger partial charge >= 0.3 is 0 Å². The van der Waals surface area contributed by atoms with E-state index in [2.05, 4.69) is 62.2 Å². The highest BCUT2D eigenvalue weighted by Crippen LogP contribution is 2.40. The Labute approximate surface area is 208 Å². The molecule has 0 saturated carbocycles. The van der Waals surface area contributed by atoms with Gasteiger partial charge in [-0.05, 0) is 97.6 Å². The van der Waals surface area contributed by atoms with Crippen LogP contribution in [-0.2, 0) is 37.2 Å². The number of nitrogens with zero attached hydrogens (tertiary/aromatic N) is 3. The topological polar surface area (TPSA) is 52.0 Å². The number of nitrogens with one attached hydrogen (secondary N) is 1. The van der Waals surface area contributed by atoms with Gasteiger partial charge in [0.05, 0.1) is 0 Å². The molecule has 0 aliphatic heterocycles. The first-order valence-corrected chi connectivity index (χ1v) is 17.1. The lowest BCUT2D eigenvalue weighted by molar-refractivity contribution is 0.0792. The molecule has 0 unspecified atom stereocenters. The normalized spacial score (nSPS) is 14.9. The molecular formula is C27H36N4OSSi. The average Bonchev–Trinajstić information content (AvgIpc) is 3.50. The quantitative estimate of drug-likeness (QED) is 0.264. The summed E-state index contributed by atoms with van der Waals surface area (Å²) in [5.74, 6) is 0.789. The molecule has 5 rings (SSSR count). The summed E-state index contributed by atoms with van der Waals surface area (Å²) in [5.41, 5.74) is 8.56. The zero-order valence-corrected chi connectivity index (χ0v) is 22.7. The predicted octanol–water partition coefficient (Wildman–Crippen LogP) is 6.77. The summed E-state index contributed by atoms with van der Waals surface area (Å²) in [6.07, 6.45) is 7.17. The van der Waals surface area contributed by atoms with Crippen molar-refractivity contribution in [3.8, 4) is 0 Å². The third-order valence-electron chi connectivity index (χ3n) is 6.77. The van der Waals surface area contributed by atoms with Crippen molar-refractivity contribution in [3.63, 3.8) is 0 Å². The van der Waals surface area contributed by atoms with Crippen LogP contribution in [0.5, 0.6) is 0 Å². The van der Waals surface area contributed by atoms with Crippen LogP contribution in [0.15, 0.2) is 40.4 Å². The predicted molar refractivity (Wildman–Crippen MR) is 143 cm³/mol. The lowest BCUT2D eigenvalue weighted by Crippen LogP contribution is -2.22. The van der Waals surface area contributed by atoms with Crippen molar-refractivity contribution in [2.45, 2.75) is 87.9 Å². The standard InChI is InChI=1S/C27H36N4OSSi/c1-19-8-5-11-22(16-19)33-27-29-26(31(30-27)18-32-14-15-34(2,3)4)28-25-23-12-6-9-20(23)17-21-10-7-13-24(21)25/h5,8,11,16-17H,6-7,9-10,12-15,18H2,1-4H3,(H,28,29,30). The van der Waals surface area contributed by atoms with E-state index in [1.807, 2.05) is 4.68 Å². The van der Waals surface area contributed by atoms with Crippen molar-refractivity contribution in [1.82, 2.24) is 14.8 Å². The third-order valence-corrected chi connectivity index (χ3v) is 9.32. The van der Waals surface area contributed by atoms with Crippen LogP contribution in [0, 0.1) is 6.92 Å². The molecule has 0 spiro atoms. The van der Waals surface area contributed by atoms with Crippen LogP contribution >= 0.6 is 11.8 Å². The molecule has 2 aromatic carbocycles. The Bertz CT molecular complexity index is 1150. The van der Waals surface area contributed by atoms with Gasteiger partial charge in [-0.25, -0.2) is 4.68 Å². The Kier molecular flexibility index (Phi) is 6.87. The molecule has 2 aliphatic rings. The summed E-state index contributed by atoms with van der Waals surface area (Å²) in [5, 5.41) is 9.35. The maximum absolute atomic E-state index is 6.09. The van der Waals surface area contributed by atoms with Gasteiger partial charge in [0.25, 0.3) is 0 Å². The molecule has 0 atom stereocenters. The molecule has 0 saturated heterocycles. The minimum atomic E-state index is -1.13. The van der Waals surface area contributed by atoms with Crippen LogP contribution in [0.25, 0.3) is 0 Å². The van der Waals surface area contributed by atoms with Gasteiger partial charge in [0.2, 0.25) is 11.1 Å². The van der Waals surface area contributed by atoms with Crippen molar-refractivity contribution in [2.24, 2.45) is 0 Å². The largest absolute Gasteiger partial charge is 0.359 e. The number of anilines is 2. The Balaban J connectivity index is 1.43. The first kappa shape index (κ1) is 23.6. The average molecular weight is 493 g/mol. The van der Waals surface area contributed by atoms with Crippen LogP contribution in [0.2, 0.25) is 25.7 Å². The van der Waals surface area contributed by atoms with Crippen molar-refractivity contribution < 1.29 is 4.74 Å². The Morgan fingerprint density at radius 3 is 2.44 bits per heavy atom. The summed E-state index contributed by atoms with van der Waals surface area (Å²) < 4.78 is 8.00. The molecule has 1 aromatic heterocycles. The second kappa shape index (κ2) is 9.88. The molecule has 0 amide bonds. The maximum atomic E-state index is 6.09. The van der Waals surface area contributed by atoms with E-state index < -0.39 is 8.07 Å². The van der Waals surface area contributed by atoms with E-state index in [1.165, 1.54) is 59.2 Å². The van der Waals surface area contributed by atoms with E-state index in [0.717, 1.165) is 41.5 Å². The van der Waals surface area contributed by atoms with E-state index >= 15 is 0 Å². The molecule has 1 N–H and O–H groups in total. The van der Waals surface area contributed by atoms with Crippen LogP contribution in [0.3, 0.4) is 0 Å². The van der Waals surface area contributed by atoms with E-state index in [1.54, 1.807) is 11.8 Å². The maximum Gasteiger partial charge on any atom is 0.228 e. The summed E-state index contributed by atoms with van der Waals surface area (Å²) >= 11 is 1.61. The van der Waals surface area contributed by atoms with Gasteiger partial charge in [-0.3, -0.25) is 0 Å². The molecule has 2 aliphatic carbocycles. The van der Waals surface area contributed by atoms with Gasteiger partial charge in [0.15, 0.2) is 0 Å². The van der Waals surface area contributed by atoms with E-state index in [-0.39, 0.29) is 0 Å². The number of fused-ring (bicyclic) bond motifs is 2. The van der Waals surface area contributed by atoms with E-state index in [0.29, 0.717) is 6.73 Å². The van der Waals surface area contributed by atoms with Crippen LogP contribution in [0.1, 0.15) is 40.7 Å². The molecule has 0 bridgehead atoms. The number of ether oxygens (including phenoxy) is 1. The van der Waals surface area contributed by atoms with Crippen molar-refractivity contribution in [3.05, 3.63) is 58.1 Å². The third kappa shape index (κ3) is 5.42. The van der Waals surface area contributed by atoms with Gasteiger partial charge in [-0.1, -0.05) is 43.4 Å². The SMILES string of the molecule is Cc1cccc(Sc2nc(Nc3c4c(cc5c3CCC5)CCC4)n(COCC[Si](C)(C)C)n2)c1. The number of aryl methyl sites for hydroxylation is 3. The highest BCUT2D eigenvalue weighted by Gasteiger charge is 2.25. The molecule has 34 heavy (non-hydrogen) atoms. The van der Waals surface area contributed by atoms with Gasteiger partial charge in [0, 0.05) is 25.3 Å². The molecule has 1 heterocycles. The molecule has 0 fully saturated rings. The summed E-state index contributed by atoms with van der Waals surface area (Å²) in [4.78, 5) is 6.10. The summed E-state index contributed by atoms with van der Waals surface area (Å²) in [6.45, 7) is 10.5. The Morgan fingerprint density at radius 1 is 1.03 bits per heavy atom. The van der Waals surface area contributed by atoms with E-state index in [9.17, 15) is 0 Å². The van der Waals surface area contributed by atoms with Crippen molar-refractivity contribution in [1.29, 1.82) is 0 Å². The number of benzene rings is 2. The monoisotopic (exact) mass is 492 g/mol. The fraction of sp³-hybridized carbons (Fsp3) is 0.481. The molecule has 0 radical (unpaired) electrons. The molecule has 7 heteroatoms. The fourth-order valence-electron chi connectivity index (χ4n) is 4.94. The highest BCUT2D eigenvalue weighted by molar-refractivity contribution is 7.99. The van der Waals surface area contributed by atoms with Crippen molar-refractivity contribution in [2.75, 3.05) is 11.9 Å². The first-order valence-electron chi connectivity index (χ1n) is 12.6. The van der Waals surface area contributed by atoms with Crippen LogP contribution < -0.4 is 5.32 Å². The van der Waals surface area contributed by atoms with E-state index in [4.69, 9.17) is 14.8 Å². The zero-order valence-electron chi connectivity index (χ0n) is 20.9. The Hall–Kier alpha value is -2.09. The Morgan fingerprint density at radius 2 is 1.76 bits per heavy atom. The molecular weight excluding hydrogens is 456 g/mol. The van der Waals surface area contributed by atoms with Crippen LogP contribution in [0.4, 0.5) is 11.6 Å². The molecule has 180 valence electrons. The number of aromatic nitrogens is 3. The number of hydrogen-bond donors (Lipinski definition) is 1. The second-order valence-corrected chi connectivity index (χ2v) is 17.5. The number of hydrogen-bond acceptors (Lipinski definition) is 5. The summed E-state index contributed by atoms with van der Waals surface area (Å²) in [7, 11) is -1.13. The zero-order chi connectivity index (χ0) is 23.7. The lowest BCUT2D eigenvalue weighted by Gasteiger charge is -2.18. The van der Waals surface area contributed by atoms with Gasteiger partial charge < -0.3 is 10.1 Å². The fourth-order valence-corrected chi connectivity index (χ4v) is 6.57. The molecule has 5 nitrogen and oxygen atoms in total. The molecule has 3 aromatic rings. The van der Waals surface area contributed by atoms with Crippen LogP contribution in [-0.4, -0.2) is 29.4 Å². The van der Waals surface area contributed by atoms with Crippen molar-refractivity contribution >= 4 is 31.5 Å².